The highest BCUT2D eigenvalue weighted by Crippen LogP contribution is 2.34. The zero-order valence-corrected chi connectivity index (χ0v) is 15.5. The van der Waals surface area contributed by atoms with Gasteiger partial charge in [0.2, 0.25) is 0 Å². The minimum atomic E-state index is -0.394. The number of esters is 1. The zero-order chi connectivity index (χ0) is 17.9. The monoisotopic (exact) mass is 345 g/mol. The number of methoxy groups -OCH3 is 1. The van der Waals surface area contributed by atoms with Crippen LogP contribution in [0.1, 0.15) is 70.0 Å². The number of benzene rings is 1. The van der Waals surface area contributed by atoms with E-state index in [0.717, 1.165) is 0 Å². The standard InChI is InChI=1S/C19H23NO3S/c1-11(2)15-10-16(24-17(15)12(3)4)18(21)20-14-8-6-13(7-9-14)19(22)23-5/h6-12H,1-5H3,(H,20,21). The predicted octanol–water partition coefficient (Wildman–Crippen LogP) is 5.03. The third kappa shape index (κ3) is 4.03. The highest BCUT2D eigenvalue weighted by atomic mass is 32.1. The van der Waals surface area contributed by atoms with Gasteiger partial charge in [-0.05, 0) is 47.7 Å². The Bertz CT molecular complexity index is 704. The first-order chi connectivity index (χ1) is 11.3. The summed E-state index contributed by atoms with van der Waals surface area (Å²) in [6.45, 7) is 8.57. The second kappa shape index (κ2) is 7.62. The van der Waals surface area contributed by atoms with Crippen LogP contribution >= 0.6 is 11.3 Å². The maximum atomic E-state index is 12.5. The minimum Gasteiger partial charge on any atom is -0.465 e. The van der Waals surface area contributed by atoms with E-state index in [-0.39, 0.29) is 5.91 Å². The lowest BCUT2D eigenvalue weighted by Gasteiger charge is -2.08. The highest BCUT2D eigenvalue weighted by molar-refractivity contribution is 7.14. The summed E-state index contributed by atoms with van der Waals surface area (Å²) >= 11 is 1.55. The molecule has 0 aliphatic heterocycles. The topological polar surface area (TPSA) is 55.4 Å². The smallest absolute Gasteiger partial charge is 0.337 e. The van der Waals surface area contributed by atoms with Gasteiger partial charge < -0.3 is 10.1 Å². The van der Waals surface area contributed by atoms with Crippen molar-refractivity contribution in [3.8, 4) is 0 Å². The highest BCUT2D eigenvalue weighted by Gasteiger charge is 2.18. The Labute approximate surface area is 146 Å². The summed E-state index contributed by atoms with van der Waals surface area (Å²) in [6.07, 6.45) is 0. The molecule has 0 aliphatic rings. The van der Waals surface area contributed by atoms with E-state index < -0.39 is 5.97 Å². The van der Waals surface area contributed by atoms with E-state index in [1.54, 1.807) is 35.6 Å². The summed E-state index contributed by atoms with van der Waals surface area (Å²) in [5.74, 6) is 0.265. The van der Waals surface area contributed by atoms with Gasteiger partial charge in [0.15, 0.2) is 0 Å². The Hall–Kier alpha value is -2.14. The summed E-state index contributed by atoms with van der Waals surface area (Å²) < 4.78 is 4.66. The fourth-order valence-corrected chi connectivity index (χ4v) is 3.65. The van der Waals surface area contributed by atoms with E-state index in [4.69, 9.17) is 0 Å². The molecule has 1 amide bonds. The van der Waals surface area contributed by atoms with Crippen molar-refractivity contribution in [1.82, 2.24) is 0 Å². The van der Waals surface area contributed by atoms with Crippen molar-refractivity contribution in [2.75, 3.05) is 12.4 Å². The third-order valence-corrected chi connectivity index (χ3v) is 5.18. The van der Waals surface area contributed by atoms with Gasteiger partial charge in [0, 0.05) is 10.6 Å². The molecule has 24 heavy (non-hydrogen) atoms. The number of hydrogen-bond donors (Lipinski definition) is 1. The fraction of sp³-hybridized carbons (Fsp3) is 0.368. The van der Waals surface area contributed by atoms with Crippen molar-refractivity contribution in [3.05, 3.63) is 51.2 Å². The maximum Gasteiger partial charge on any atom is 0.337 e. The molecule has 0 unspecified atom stereocenters. The van der Waals surface area contributed by atoms with Gasteiger partial charge in [-0.15, -0.1) is 11.3 Å². The van der Waals surface area contributed by atoms with E-state index in [1.807, 2.05) is 6.07 Å². The van der Waals surface area contributed by atoms with Crippen LogP contribution in [0.4, 0.5) is 5.69 Å². The van der Waals surface area contributed by atoms with Crippen LogP contribution in [0.5, 0.6) is 0 Å². The second-order valence-electron chi connectivity index (χ2n) is 6.26. The Kier molecular flexibility index (Phi) is 5.78. The molecule has 0 aliphatic carbocycles. The minimum absolute atomic E-state index is 0.125. The van der Waals surface area contributed by atoms with Crippen LogP contribution in [-0.2, 0) is 4.74 Å². The van der Waals surface area contributed by atoms with E-state index in [0.29, 0.717) is 28.0 Å². The second-order valence-corrected chi connectivity index (χ2v) is 7.35. The van der Waals surface area contributed by atoms with E-state index in [1.165, 1.54) is 17.6 Å². The van der Waals surface area contributed by atoms with Crippen molar-refractivity contribution >= 4 is 28.9 Å². The molecule has 0 fully saturated rings. The molecule has 0 saturated heterocycles. The SMILES string of the molecule is COC(=O)c1ccc(NC(=O)c2cc(C(C)C)c(C(C)C)s2)cc1. The Morgan fingerprint density at radius 2 is 1.67 bits per heavy atom. The number of nitrogens with one attached hydrogen (secondary N) is 1. The van der Waals surface area contributed by atoms with Gasteiger partial charge in [0.25, 0.3) is 5.91 Å². The number of anilines is 1. The summed E-state index contributed by atoms with van der Waals surface area (Å²) in [6, 6.07) is 8.65. The third-order valence-electron chi connectivity index (χ3n) is 3.73. The number of ether oxygens (including phenoxy) is 1. The van der Waals surface area contributed by atoms with Crippen LogP contribution in [0.3, 0.4) is 0 Å². The molecule has 0 bridgehead atoms. The first-order valence-corrected chi connectivity index (χ1v) is 8.78. The number of amides is 1. The number of carbonyl (C=O) groups is 2. The fourth-order valence-electron chi connectivity index (χ4n) is 2.43. The maximum absolute atomic E-state index is 12.5. The van der Waals surface area contributed by atoms with Gasteiger partial charge in [-0.1, -0.05) is 27.7 Å². The van der Waals surface area contributed by atoms with Crippen LogP contribution in [0.25, 0.3) is 0 Å². The molecule has 1 aromatic heterocycles. The summed E-state index contributed by atoms with van der Waals surface area (Å²) in [7, 11) is 1.34. The Balaban J connectivity index is 2.18. The molecule has 1 N–H and O–H groups in total. The molecule has 0 saturated carbocycles. The van der Waals surface area contributed by atoms with Crippen molar-refractivity contribution in [3.63, 3.8) is 0 Å². The molecule has 2 aromatic rings. The van der Waals surface area contributed by atoms with Crippen molar-refractivity contribution < 1.29 is 14.3 Å². The lowest BCUT2D eigenvalue weighted by atomic mass is 9.99. The number of hydrogen-bond acceptors (Lipinski definition) is 4. The van der Waals surface area contributed by atoms with Crippen LogP contribution in [-0.4, -0.2) is 19.0 Å². The van der Waals surface area contributed by atoms with E-state index in [2.05, 4.69) is 37.7 Å². The quantitative estimate of drug-likeness (QED) is 0.773. The molecule has 4 nitrogen and oxygen atoms in total. The zero-order valence-electron chi connectivity index (χ0n) is 14.7. The van der Waals surface area contributed by atoms with Crippen molar-refractivity contribution in [2.45, 2.75) is 39.5 Å². The van der Waals surface area contributed by atoms with Gasteiger partial charge in [-0.2, -0.15) is 0 Å². The lowest BCUT2D eigenvalue weighted by molar-refractivity contribution is 0.0600. The molecule has 0 radical (unpaired) electrons. The molecule has 1 heterocycles. The lowest BCUT2D eigenvalue weighted by Crippen LogP contribution is -2.10. The summed E-state index contributed by atoms with van der Waals surface area (Å²) in [4.78, 5) is 25.9. The van der Waals surface area contributed by atoms with E-state index >= 15 is 0 Å². The number of thiophene rings is 1. The molecule has 128 valence electrons. The normalized spacial score (nSPS) is 11.0. The number of rotatable bonds is 5. The average molecular weight is 345 g/mol. The molecule has 0 spiro atoms. The molecular formula is C19H23NO3S. The Morgan fingerprint density at radius 3 is 2.12 bits per heavy atom. The van der Waals surface area contributed by atoms with Gasteiger partial charge in [0.1, 0.15) is 0 Å². The van der Waals surface area contributed by atoms with Gasteiger partial charge in [0.05, 0.1) is 17.6 Å². The average Bonchev–Trinajstić information content (AvgIpc) is 3.01. The van der Waals surface area contributed by atoms with Crippen LogP contribution < -0.4 is 5.32 Å². The molecule has 1 aromatic carbocycles. The molecular weight excluding hydrogens is 322 g/mol. The number of carbonyl (C=O) groups excluding carboxylic acids is 2. The summed E-state index contributed by atoms with van der Waals surface area (Å²) in [5.41, 5.74) is 2.34. The first kappa shape index (κ1) is 18.2. The van der Waals surface area contributed by atoms with Crippen molar-refractivity contribution in [2.24, 2.45) is 0 Å². The van der Waals surface area contributed by atoms with E-state index in [9.17, 15) is 9.59 Å². The van der Waals surface area contributed by atoms with Gasteiger partial charge >= 0.3 is 5.97 Å². The molecule has 0 atom stereocenters. The summed E-state index contributed by atoms with van der Waals surface area (Å²) in [5, 5.41) is 2.88. The van der Waals surface area contributed by atoms with Crippen LogP contribution in [0.15, 0.2) is 30.3 Å². The first-order valence-electron chi connectivity index (χ1n) is 7.96. The largest absolute Gasteiger partial charge is 0.465 e. The Morgan fingerprint density at radius 1 is 1.04 bits per heavy atom. The van der Waals surface area contributed by atoms with Crippen molar-refractivity contribution in [1.29, 1.82) is 0 Å². The van der Waals surface area contributed by atoms with Gasteiger partial charge in [-0.3, -0.25) is 4.79 Å². The predicted molar refractivity (Wildman–Crippen MR) is 98.2 cm³/mol. The van der Waals surface area contributed by atoms with Gasteiger partial charge in [-0.25, -0.2) is 4.79 Å². The molecule has 2 rings (SSSR count). The molecule has 5 heteroatoms. The van der Waals surface area contributed by atoms with Crippen LogP contribution in [0, 0.1) is 0 Å². The van der Waals surface area contributed by atoms with Crippen LogP contribution in [0.2, 0.25) is 0 Å².